The predicted molar refractivity (Wildman–Crippen MR) is 148 cm³/mol. The number of nitrogens with one attached hydrogen (secondary N) is 2. The molecular weight excluding hydrogens is 502 g/mol. The van der Waals surface area contributed by atoms with Crippen LogP contribution in [0.2, 0.25) is 0 Å². The average Bonchev–Trinajstić information content (AvgIpc) is 3.45. The second-order valence-corrected chi connectivity index (χ2v) is 10.4. The van der Waals surface area contributed by atoms with E-state index in [1.807, 2.05) is 52.0 Å². The minimum atomic E-state index is -1.03. The molecule has 38 heavy (non-hydrogen) atoms. The Balaban J connectivity index is 2.05. The highest BCUT2D eigenvalue weighted by Crippen LogP contribution is 2.30. The summed E-state index contributed by atoms with van der Waals surface area (Å²) in [7, 11) is 1.29. The number of hydrogen-bond acceptors (Lipinski definition) is 6. The third kappa shape index (κ3) is 7.07. The van der Waals surface area contributed by atoms with Crippen molar-refractivity contribution < 1.29 is 23.9 Å². The Hall–Kier alpha value is -3.98. The van der Waals surface area contributed by atoms with E-state index in [0.717, 1.165) is 5.56 Å². The van der Waals surface area contributed by atoms with Crippen LogP contribution < -0.4 is 15.5 Å². The van der Waals surface area contributed by atoms with Gasteiger partial charge >= 0.3 is 5.97 Å². The zero-order valence-electron chi connectivity index (χ0n) is 22.2. The quantitative estimate of drug-likeness (QED) is 0.368. The fraction of sp³-hybridized carbons (Fsp3) is 0.310. The minimum absolute atomic E-state index is 0.304. The van der Waals surface area contributed by atoms with Crippen molar-refractivity contribution in [3.63, 3.8) is 0 Å². The molecule has 0 saturated heterocycles. The van der Waals surface area contributed by atoms with E-state index < -0.39 is 23.5 Å². The molecule has 3 rings (SSSR count). The normalized spacial score (nSPS) is 11.8. The number of hydrogen-bond donors (Lipinski definition) is 2. The summed E-state index contributed by atoms with van der Waals surface area (Å²) in [6.45, 7) is 7.40. The zero-order chi connectivity index (χ0) is 27.9. The summed E-state index contributed by atoms with van der Waals surface area (Å²) in [6, 6.07) is 16.0. The molecule has 1 atom stereocenters. The summed E-state index contributed by atoms with van der Waals surface area (Å²) in [4.78, 5) is 53.9. The van der Waals surface area contributed by atoms with Gasteiger partial charge in [-0.25, -0.2) is 4.79 Å². The number of amides is 3. The SMILES string of the molecule is CCC(C)(C)NC(=O)[C@H](c1ccc(C)cc1)N(C(=O)CNC(=O)c1cccs1)c1ccc(C(=O)OC)cc1. The third-order valence-corrected chi connectivity index (χ3v) is 7.09. The van der Waals surface area contributed by atoms with Gasteiger partial charge in [0.25, 0.3) is 5.91 Å². The van der Waals surface area contributed by atoms with Gasteiger partial charge in [-0.05, 0) is 68.5 Å². The number of aryl methyl sites for hydroxylation is 1. The number of nitrogens with zero attached hydrogens (tertiary/aromatic N) is 1. The van der Waals surface area contributed by atoms with E-state index in [1.165, 1.54) is 35.5 Å². The van der Waals surface area contributed by atoms with Crippen LogP contribution in [-0.2, 0) is 14.3 Å². The Morgan fingerprint density at radius 3 is 2.21 bits per heavy atom. The molecule has 0 aliphatic rings. The highest BCUT2D eigenvalue weighted by Gasteiger charge is 2.35. The Morgan fingerprint density at radius 2 is 1.66 bits per heavy atom. The number of esters is 1. The fourth-order valence-corrected chi connectivity index (χ4v) is 4.35. The van der Waals surface area contributed by atoms with Gasteiger partial charge in [0, 0.05) is 11.2 Å². The van der Waals surface area contributed by atoms with Crippen LogP contribution in [0, 0.1) is 6.92 Å². The highest BCUT2D eigenvalue weighted by atomic mass is 32.1. The third-order valence-electron chi connectivity index (χ3n) is 6.23. The maximum atomic E-state index is 13.8. The smallest absolute Gasteiger partial charge is 0.337 e. The summed E-state index contributed by atoms with van der Waals surface area (Å²) < 4.78 is 4.79. The Kier molecular flexibility index (Phi) is 9.41. The van der Waals surface area contributed by atoms with E-state index in [4.69, 9.17) is 4.74 Å². The molecule has 9 heteroatoms. The topological polar surface area (TPSA) is 105 Å². The molecule has 0 radical (unpaired) electrons. The van der Waals surface area contributed by atoms with Crippen molar-refractivity contribution in [3.8, 4) is 0 Å². The van der Waals surface area contributed by atoms with E-state index in [-0.39, 0.29) is 18.4 Å². The van der Waals surface area contributed by atoms with Gasteiger partial charge in [0.15, 0.2) is 0 Å². The molecule has 0 bridgehead atoms. The fourth-order valence-electron chi connectivity index (χ4n) is 3.71. The van der Waals surface area contributed by atoms with Crippen molar-refractivity contribution in [1.29, 1.82) is 0 Å². The van der Waals surface area contributed by atoms with Crippen LogP contribution in [0.15, 0.2) is 66.0 Å². The van der Waals surface area contributed by atoms with E-state index in [2.05, 4.69) is 10.6 Å². The zero-order valence-corrected chi connectivity index (χ0v) is 23.1. The van der Waals surface area contributed by atoms with Gasteiger partial charge in [-0.15, -0.1) is 11.3 Å². The first-order valence-corrected chi connectivity index (χ1v) is 13.1. The lowest BCUT2D eigenvalue weighted by molar-refractivity contribution is -0.127. The molecule has 1 heterocycles. The molecule has 0 aliphatic heterocycles. The van der Waals surface area contributed by atoms with Crippen LogP contribution >= 0.6 is 11.3 Å². The van der Waals surface area contributed by atoms with Gasteiger partial charge < -0.3 is 15.4 Å². The lowest BCUT2D eigenvalue weighted by Gasteiger charge is -2.34. The van der Waals surface area contributed by atoms with Crippen molar-refractivity contribution in [1.82, 2.24) is 10.6 Å². The van der Waals surface area contributed by atoms with Gasteiger partial charge in [-0.3, -0.25) is 19.3 Å². The monoisotopic (exact) mass is 535 g/mol. The van der Waals surface area contributed by atoms with Crippen molar-refractivity contribution in [2.24, 2.45) is 0 Å². The van der Waals surface area contributed by atoms with Crippen molar-refractivity contribution >= 4 is 40.7 Å². The van der Waals surface area contributed by atoms with Crippen molar-refractivity contribution in [2.45, 2.75) is 45.7 Å². The Morgan fingerprint density at radius 1 is 1.00 bits per heavy atom. The maximum Gasteiger partial charge on any atom is 0.337 e. The van der Waals surface area contributed by atoms with Gasteiger partial charge in [-0.2, -0.15) is 0 Å². The van der Waals surface area contributed by atoms with Crippen LogP contribution in [0.4, 0.5) is 5.69 Å². The molecule has 0 aliphatic carbocycles. The van der Waals surface area contributed by atoms with Gasteiger partial charge in [-0.1, -0.05) is 42.8 Å². The molecule has 2 aromatic carbocycles. The standard InChI is InChI=1S/C29H33N3O5S/c1-6-29(3,4)31-27(35)25(20-11-9-19(2)10-12-20)32(22-15-13-21(14-16-22)28(36)37-5)24(33)18-30-26(34)23-8-7-17-38-23/h7-17,25H,6,18H2,1-5H3,(H,30,34)(H,31,35)/t25-/m0/s1. The molecule has 200 valence electrons. The molecular formula is C29H33N3O5S. The van der Waals surface area contributed by atoms with E-state index in [1.54, 1.807) is 29.6 Å². The lowest BCUT2D eigenvalue weighted by atomic mass is 9.97. The molecule has 1 aromatic heterocycles. The van der Waals surface area contributed by atoms with E-state index >= 15 is 0 Å². The molecule has 3 aromatic rings. The van der Waals surface area contributed by atoms with Gasteiger partial charge in [0.2, 0.25) is 11.8 Å². The second kappa shape index (κ2) is 12.5. The summed E-state index contributed by atoms with van der Waals surface area (Å²) in [5, 5.41) is 7.50. The number of anilines is 1. The summed E-state index contributed by atoms with van der Waals surface area (Å²) in [6.07, 6.45) is 0.679. The van der Waals surface area contributed by atoms with Crippen LogP contribution in [-0.4, -0.2) is 42.9 Å². The first-order chi connectivity index (χ1) is 18.1. The molecule has 0 spiro atoms. The average molecular weight is 536 g/mol. The number of ether oxygens (including phenoxy) is 1. The lowest BCUT2D eigenvalue weighted by Crippen LogP contribution is -2.52. The Bertz CT molecular complexity index is 1270. The molecule has 0 fully saturated rings. The van der Waals surface area contributed by atoms with Crippen LogP contribution in [0.25, 0.3) is 0 Å². The van der Waals surface area contributed by atoms with Crippen LogP contribution in [0.3, 0.4) is 0 Å². The molecule has 2 N–H and O–H groups in total. The summed E-state index contributed by atoms with van der Waals surface area (Å²) in [5.74, 6) is -1.75. The van der Waals surface area contributed by atoms with Crippen LogP contribution in [0.5, 0.6) is 0 Å². The van der Waals surface area contributed by atoms with E-state index in [0.29, 0.717) is 28.1 Å². The molecule has 8 nitrogen and oxygen atoms in total. The van der Waals surface area contributed by atoms with Gasteiger partial charge in [0.1, 0.15) is 6.04 Å². The maximum absolute atomic E-state index is 13.8. The molecule has 0 saturated carbocycles. The second-order valence-electron chi connectivity index (χ2n) is 9.50. The summed E-state index contributed by atoms with van der Waals surface area (Å²) in [5.41, 5.74) is 1.79. The Labute approximate surface area is 227 Å². The number of carbonyl (C=O) groups is 4. The molecule has 3 amide bonds. The predicted octanol–water partition coefficient (Wildman–Crippen LogP) is 4.65. The molecule has 0 unspecified atom stereocenters. The number of thiophene rings is 1. The number of methoxy groups -OCH3 is 1. The van der Waals surface area contributed by atoms with Crippen LogP contribution in [0.1, 0.15) is 64.4 Å². The van der Waals surface area contributed by atoms with Gasteiger partial charge in [0.05, 0.1) is 24.1 Å². The first-order valence-electron chi connectivity index (χ1n) is 12.3. The van der Waals surface area contributed by atoms with Crippen molar-refractivity contribution in [2.75, 3.05) is 18.6 Å². The number of rotatable bonds is 10. The first kappa shape index (κ1) is 28.6. The highest BCUT2D eigenvalue weighted by molar-refractivity contribution is 7.12. The number of benzene rings is 2. The van der Waals surface area contributed by atoms with E-state index in [9.17, 15) is 19.2 Å². The van der Waals surface area contributed by atoms with Crippen molar-refractivity contribution in [3.05, 3.63) is 87.6 Å². The minimum Gasteiger partial charge on any atom is -0.465 e. The number of carbonyl (C=O) groups excluding carboxylic acids is 4. The largest absolute Gasteiger partial charge is 0.465 e. The summed E-state index contributed by atoms with van der Waals surface area (Å²) >= 11 is 1.27.